The Balaban J connectivity index is 1.93. The first-order valence-corrected chi connectivity index (χ1v) is 7.76. The molecule has 0 amide bonds. The molecule has 0 saturated heterocycles. The molecule has 4 heteroatoms. The largest absolute Gasteiger partial charge is 0.374 e. The van der Waals surface area contributed by atoms with E-state index in [4.69, 9.17) is 4.74 Å². The van der Waals surface area contributed by atoms with E-state index in [1.807, 2.05) is 0 Å². The average molecular weight is 312 g/mol. The molecule has 1 fully saturated rings. The molecule has 0 radical (unpaired) electrons. The molecule has 1 saturated carbocycles. The highest BCUT2D eigenvalue weighted by atomic mass is 19.3. The van der Waals surface area contributed by atoms with Crippen LogP contribution in [0.25, 0.3) is 0 Å². The van der Waals surface area contributed by atoms with Crippen molar-refractivity contribution in [2.45, 2.75) is 56.7 Å². The fourth-order valence-corrected chi connectivity index (χ4v) is 3.00. The SMILES string of the molecule is C=CCOC1CCC(c2ccc(C(F)C(C)(F)F)cc2)CC1. The lowest BCUT2D eigenvalue weighted by atomic mass is 9.82. The maximum Gasteiger partial charge on any atom is 0.280 e. The highest BCUT2D eigenvalue weighted by molar-refractivity contribution is 5.28. The zero-order chi connectivity index (χ0) is 16.2. The molecule has 1 aromatic rings. The maximum atomic E-state index is 13.6. The first-order valence-electron chi connectivity index (χ1n) is 7.76. The summed E-state index contributed by atoms with van der Waals surface area (Å²) in [4.78, 5) is 0. The Morgan fingerprint density at radius 2 is 1.82 bits per heavy atom. The molecule has 0 heterocycles. The van der Waals surface area contributed by atoms with Gasteiger partial charge in [0.05, 0.1) is 12.7 Å². The van der Waals surface area contributed by atoms with Gasteiger partial charge in [0.1, 0.15) is 0 Å². The monoisotopic (exact) mass is 312 g/mol. The molecule has 1 atom stereocenters. The molecular formula is C18H23F3O. The third-order valence-electron chi connectivity index (χ3n) is 4.27. The smallest absolute Gasteiger partial charge is 0.280 e. The quantitative estimate of drug-likeness (QED) is 0.623. The Kier molecular flexibility index (Phi) is 5.68. The molecule has 1 aromatic carbocycles. The van der Waals surface area contributed by atoms with Crippen LogP contribution in [0.4, 0.5) is 13.2 Å². The minimum absolute atomic E-state index is 0.0410. The number of benzene rings is 1. The molecule has 122 valence electrons. The maximum absolute atomic E-state index is 13.6. The van der Waals surface area contributed by atoms with E-state index < -0.39 is 12.1 Å². The first-order chi connectivity index (χ1) is 10.4. The van der Waals surface area contributed by atoms with Gasteiger partial charge in [0, 0.05) is 6.92 Å². The number of halogens is 3. The lowest BCUT2D eigenvalue weighted by Crippen LogP contribution is -2.21. The van der Waals surface area contributed by atoms with Crippen molar-refractivity contribution in [3.8, 4) is 0 Å². The molecule has 1 aliphatic rings. The molecule has 0 spiro atoms. The number of hydrogen-bond acceptors (Lipinski definition) is 1. The number of hydrogen-bond donors (Lipinski definition) is 0. The zero-order valence-corrected chi connectivity index (χ0v) is 12.9. The van der Waals surface area contributed by atoms with Crippen LogP contribution in [-0.2, 0) is 4.74 Å². The van der Waals surface area contributed by atoms with Crippen LogP contribution in [0.2, 0.25) is 0 Å². The van der Waals surface area contributed by atoms with E-state index in [1.54, 1.807) is 18.2 Å². The molecule has 1 aliphatic carbocycles. The van der Waals surface area contributed by atoms with Gasteiger partial charge in [0.2, 0.25) is 0 Å². The van der Waals surface area contributed by atoms with E-state index in [0.717, 1.165) is 31.2 Å². The van der Waals surface area contributed by atoms with E-state index in [2.05, 4.69) is 6.58 Å². The van der Waals surface area contributed by atoms with Crippen molar-refractivity contribution in [1.82, 2.24) is 0 Å². The van der Waals surface area contributed by atoms with E-state index in [1.165, 1.54) is 12.1 Å². The van der Waals surface area contributed by atoms with Crippen molar-refractivity contribution < 1.29 is 17.9 Å². The van der Waals surface area contributed by atoms with Gasteiger partial charge < -0.3 is 4.74 Å². The predicted molar refractivity (Wildman–Crippen MR) is 82.1 cm³/mol. The van der Waals surface area contributed by atoms with Crippen molar-refractivity contribution in [3.63, 3.8) is 0 Å². The summed E-state index contributed by atoms with van der Waals surface area (Å²) >= 11 is 0. The molecule has 0 aliphatic heterocycles. The average Bonchev–Trinajstić information content (AvgIpc) is 2.52. The van der Waals surface area contributed by atoms with Crippen LogP contribution in [0.3, 0.4) is 0 Å². The van der Waals surface area contributed by atoms with Gasteiger partial charge in [-0.15, -0.1) is 6.58 Å². The Hall–Kier alpha value is -1.29. The van der Waals surface area contributed by atoms with Crippen molar-refractivity contribution in [2.75, 3.05) is 6.61 Å². The molecule has 0 aromatic heterocycles. The molecule has 22 heavy (non-hydrogen) atoms. The van der Waals surface area contributed by atoms with Gasteiger partial charge in [0.25, 0.3) is 5.92 Å². The first kappa shape index (κ1) is 17.1. The molecular weight excluding hydrogens is 289 g/mol. The van der Waals surface area contributed by atoms with Crippen LogP contribution < -0.4 is 0 Å². The van der Waals surface area contributed by atoms with Gasteiger partial charge in [-0.3, -0.25) is 0 Å². The van der Waals surface area contributed by atoms with E-state index in [0.29, 0.717) is 19.4 Å². The van der Waals surface area contributed by atoms with Crippen LogP contribution in [0.5, 0.6) is 0 Å². The van der Waals surface area contributed by atoms with Gasteiger partial charge in [-0.25, -0.2) is 13.2 Å². The molecule has 2 rings (SSSR count). The van der Waals surface area contributed by atoms with Crippen LogP contribution in [0, 0.1) is 0 Å². The predicted octanol–water partition coefficient (Wildman–Crippen LogP) is 5.58. The van der Waals surface area contributed by atoms with E-state index >= 15 is 0 Å². The Morgan fingerprint density at radius 1 is 1.23 bits per heavy atom. The van der Waals surface area contributed by atoms with Crippen LogP contribution in [0.1, 0.15) is 55.8 Å². The van der Waals surface area contributed by atoms with Crippen LogP contribution in [-0.4, -0.2) is 18.6 Å². The van der Waals surface area contributed by atoms with E-state index in [9.17, 15) is 13.2 Å². The fourth-order valence-electron chi connectivity index (χ4n) is 3.00. The Morgan fingerprint density at radius 3 is 2.32 bits per heavy atom. The highest BCUT2D eigenvalue weighted by Crippen LogP contribution is 2.37. The van der Waals surface area contributed by atoms with Gasteiger partial charge in [-0.2, -0.15) is 0 Å². The van der Waals surface area contributed by atoms with Gasteiger partial charge in [0.15, 0.2) is 6.17 Å². The zero-order valence-electron chi connectivity index (χ0n) is 12.9. The lowest BCUT2D eigenvalue weighted by Gasteiger charge is -2.28. The molecule has 0 bridgehead atoms. The second kappa shape index (κ2) is 7.32. The second-order valence-electron chi connectivity index (χ2n) is 6.08. The number of ether oxygens (including phenoxy) is 1. The number of rotatable bonds is 6. The third-order valence-corrected chi connectivity index (χ3v) is 4.27. The topological polar surface area (TPSA) is 9.23 Å². The van der Waals surface area contributed by atoms with Crippen LogP contribution in [0.15, 0.2) is 36.9 Å². The third kappa shape index (κ3) is 4.35. The van der Waals surface area contributed by atoms with Crippen molar-refractivity contribution in [3.05, 3.63) is 48.0 Å². The Labute approximate surface area is 130 Å². The summed E-state index contributed by atoms with van der Waals surface area (Å²) in [6, 6.07) is 6.53. The minimum atomic E-state index is -3.35. The Bertz CT molecular complexity index is 470. The molecule has 0 N–H and O–H groups in total. The van der Waals surface area contributed by atoms with Crippen molar-refractivity contribution >= 4 is 0 Å². The fraction of sp³-hybridized carbons (Fsp3) is 0.556. The summed E-state index contributed by atoms with van der Waals surface area (Å²) in [6.45, 7) is 4.82. The van der Waals surface area contributed by atoms with Gasteiger partial charge in [-0.05, 0) is 42.7 Å². The standard InChI is InChI=1S/C18H23F3O/c1-3-12-22-16-10-8-14(9-11-16)13-4-6-15(7-5-13)17(19)18(2,20)21/h3-7,14,16-17H,1,8-12H2,2H3. The normalized spacial score (nSPS) is 24.0. The lowest BCUT2D eigenvalue weighted by molar-refractivity contribution is -0.0566. The highest BCUT2D eigenvalue weighted by Gasteiger charge is 2.35. The summed E-state index contributed by atoms with van der Waals surface area (Å²) in [5.74, 6) is -2.94. The van der Waals surface area contributed by atoms with Crippen molar-refractivity contribution in [2.24, 2.45) is 0 Å². The summed E-state index contributed by atoms with van der Waals surface area (Å²) in [6.07, 6.45) is 3.76. The number of alkyl halides is 3. The van der Waals surface area contributed by atoms with Gasteiger partial charge in [-0.1, -0.05) is 30.3 Å². The minimum Gasteiger partial charge on any atom is -0.374 e. The summed E-state index contributed by atoms with van der Waals surface area (Å²) < 4.78 is 45.3. The summed E-state index contributed by atoms with van der Waals surface area (Å²) in [7, 11) is 0. The molecule has 1 nitrogen and oxygen atoms in total. The van der Waals surface area contributed by atoms with Crippen LogP contribution >= 0.6 is 0 Å². The van der Waals surface area contributed by atoms with E-state index in [-0.39, 0.29) is 11.7 Å². The summed E-state index contributed by atoms with van der Waals surface area (Å²) in [5, 5.41) is 0. The summed E-state index contributed by atoms with van der Waals surface area (Å²) in [5.41, 5.74) is 1.14. The molecule has 1 unspecified atom stereocenters. The second-order valence-corrected chi connectivity index (χ2v) is 6.08. The van der Waals surface area contributed by atoms with Crippen molar-refractivity contribution in [1.29, 1.82) is 0 Å². The van der Waals surface area contributed by atoms with Gasteiger partial charge >= 0.3 is 0 Å².